The highest BCUT2D eigenvalue weighted by Crippen LogP contribution is 2.27. The van der Waals surface area contributed by atoms with Crippen molar-refractivity contribution in [1.29, 1.82) is 0 Å². The molecule has 1 aromatic carbocycles. The quantitative estimate of drug-likeness (QED) is 0.452. The summed E-state index contributed by atoms with van der Waals surface area (Å²) < 4.78 is 1.20. The van der Waals surface area contributed by atoms with Crippen LogP contribution < -0.4 is 10.9 Å². The molecule has 11 heteroatoms. The number of thiophene rings is 1. The fourth-order valence-corrected chi connectivity index (χ4v) is 4.12. The van der Waals surface area contributed by atoms with Gasteiger partial charge in [-0.05, 0) is 25.0 Å². The van der Waals surface area contributed by atoms with Gasteiger partial charge >= 0.3 is 5.97 Å². The van der Waals surface area contributed by atoms with Crippen molar-refractivity contribution >= 4 is 44.8 Å². The van der Waals surface area contributed by atoms with Crippen LogP contribution in [0.5, 0.6) is 0 Å². The number of carboxylic acids is 1. The van der Waals surface area contributed by atoms with E-state index in [2.05, 4.69) is 10.3 Å². The number of anilines is 1. The molecular weight excluding hydrogens is 412 g/mol. The van der Waals surface area contributed by atoms with Gasteiger partial charge in [-0.2, -0.15) is 0 Å². The first-order chi connectivity index (χ1) is 14.1. The number of carbonyl (C=O) groups excluding carboxylic acids is 1. The first-order valence-electron chi connectivity index (χ1n) is 8.95. The van der Waals surface area contributed by atoms with Gasteiger partial charge in [0, 0.05) is 18.6 Å². The molecule has 3 aromatic rings. The van der Waals surface area contributed by atoms with E-state index in [4.69, 9.17) is 0 Å². The van der Waals surface area contributed by atoms with E-state index in [1.54, 1.807) is 13.8 Å². The molecule has 0 unspecified atom stereocenters. The molecule has 3 rings (SSSR count). The Morgan fingerprint density at radius 1 is 1.33 bits per heavy atom. The topological polar surface area (TPSA) is 144 Å². The number of nitrogens with one attached hydrogen (secondary N) is 1. The number of carbonyl (C=O) groups is 2. The molecule has 0 saturated carbocycles. The third-order valence-corrected chi connectivity index (χ3v) is 5.82. The molecule has 0 aliphatic rings. The number of non-ortho nitro benzene ring substituents is 1. The molecular formula is C19H18N4O6S. The number of aromatic carboxylic acids is 1. The number of aromatic nitrogens is 2. The van der Waals surface area contributed by atoms with E-state index in [9.17, 15) is 29.6 Å². The summed E-state index contributed by atoms with van der Waals surface area (Å²) in [5.74, 6) is -1.35. The van der Waals surface area contributed by atoms with Crippen molar-refractivity contribution in [2.75, 3.05) is 5.32 Å². The monoisotopic (exact) mass is 430 g/mol. The summed E-state index contributed by atoms with van der Waals surface area (Å²) in [6, 6.07) is 4.11. The van der Waals surface area contributed by atoms with E-state index >= 15 is 0 Å². The van der Waals surface area contributed by atoms with Crippen LogP contribution in [0.1, 0.15) is 33.5 Å². The fraction of sp³-hybridized carbons (Fsp3) is 0.263. The highest BCUT2D eigenvalue weighted by Gasteiger charge is 2.22. The fourth-order valence-electron chi connectivity index (χ4n) is 3.09. The van der Waals surface area contributed by atoms with Crippen molar-refractivity contribution in [2.24, 2.45) is 0 Å². The molecule has 0 aliphatic heterocycles. The molecule has 1 amide bonds. The average molecular weight is 430 g/mol. The summed E-state index contributed by atoms with van der Waals surface area (Å²) in [7, 11) is 0. The normalized spacial score (nSPS) is 10.9. The number of amides is 1. The molecule has 2 aromatic heterocycles. The minimum Gasteiger partial charge on any atom is -0.477 e. The van der Waals surface area contributed by atoms with Crippen molar-refractivity contribution in [3.05, 3.63) is 60.5 Å². The summed E-state index contributed by atoms with van der Waals surface area (Å²) in [6.45, 7) is 4.64. The third kappa shape index (κ3) is 3.79. The van der Waals surface area contributed by atoms with Crippen LogP contribution in [0.4, 0.5) is 11.4 Å². The lowest BCUT2D eigenvalue weighted by Crippen LogP contribution is -2.31. The Morgan fingerprint density at radius 2 is 2.03 bits per heavy atom. The van der Waals surface area contributed by atoms with Crippen LogP contribution in [0.2, 0.25) is 0 Å². The molecule has 2 heterocycles. The van der Waals surface area contributed by atoms with Gasteiger partial charge in [-0.3, -0.25) is 24.3 Å². The van der Waals surface area contributed by atoms with E-state index in [-0.39, 0.29) is 28.2 Å². The zero-order valence-corrected chi connectivity index (χ0v) is 17.2. The van der Waals surface area contributed by atoms with Crippen LogP contribution in [0.15, 0.2) is 23.0 Å². The summed E-state index contributed by atoms with van der Waals surface area (Å²) >= 11 is 0.924. The summed E-state index contributed by atoms with van der Waals surface area (Å²) in [4.78, 5) is 52.2. The highest BCUT2D eigenvalue weighted by atomic mass is 32.1. The lowest BCUT2D eigenvalue weighted by molar-refractivity contribution is -0.384. The number of benzene rings is 1. The lowest BCUT2D eigenvalue weighted by Gasteiger charge is -2.13. The first kappa shape index (κ1) is 21.1. The molecule has 0 bridgehead atoms. The van der Waals surface area contributed by atoms with E-state index < -0.39 is 22.4 Å². The zero-order chi connectivity index (χ0) is 22.2. The molecule has 10 nitrogen and oxygen atoms in total. The Morgan fingerprint density at radius 3 is 2.63 bits per heavy atom. The largest absolute Gasteiger partial charge is 0.477 e. The molecule has 0 saturated heterocycles. The Bertz CT molecular complexity index is 1260. The van der Waals surface area contributed by atoms with Gasteiger partial charge in [-0.25, -0.2) is 9.78 Å². The Kier molecular flexibility index (Phi) is 5.65. The Balaban J connectivity index is 2.00. The number of fused-ring (bicyclic) bond motifs is 1. The SMILES string of the molecule is CCc1nc2sc(C(=O)O)c(C)c2c(=O)n1CC(=O)Nc1cc([N+](=O)[O-])ccc1C. The van der Waals surface area contributed by atoms with Crippen LogP contribution >= 0.6 is 11.3 Å². The van der Waals surface area contributed by atoms with Gasteiger partial charge in [-0.15, -0.1) is 11.3 Å². The van der Waals surface area contributed by atoms with E-state index in [1.807, 2.05) is 0 Å². The smallest absolute Gasteiger partial charge is 0.346 e. The maximum atomic E-state index is 13.0. The van der Waals surface area contributed by atoms with Crippen molar-refractivity contribution in [3.63, 3.8) is 0 Å². The predicted molar refractivity (Wildman–Crippen MR) is 111 cm³/mol. The van der Waals surface area contributed by atoms with Gasteiger partial charge in [0.05, 0.1) is 16.0 Å². The second-order valence-electron chi connectivity index (χ2n) is 6.62. The second kappa shape index (κ2) is 8.03. The number of nitro benzene ring substituents is 1. The molecule has 156 valence electrons. The van der Waals surface area contributed by atoms with Crippen molar-refractivity contribution in [1.82, 2.24) is 9.55 Å². The summed E-state index contributed by atoms with van der Waals surface area (Å²) in [6.07, 6.45) is 0.355. The molecule has 0 aliphatic carbocycles. The highest BCUT2D eigenvalue weighted by molar-refractivity contribution is 7.20. The van der Waals surface area contributed by atoms with Gasteiger partial charge in [0.15, 0.2) is 0 Å². The number of carboxylic acid groups (broad SMARTS) is 1. The van der Waals surface area contributed by atoms with Gasteiger partial charge in [0.25, 0.3) is 11.2 Å². The minimum absolute atomic E-state index is 0.0334. The van der Waals surface area contributed by atoms with E-state index in [0.29, 0.717) is 28.2 Å². The van der Waals surface area contributed by atoms with E-state index in [0.717, 1.165) is 11.3 Å². The number of rotatable bonds is 6. The molecule has 0 spiro atoms. The van der Waals surface area contributed by atoms with E-state index in [1.165, 1.54) is 29.7 Å². The van der Waals surface area contributed by atoms with Crippen LogP contribution in [-0.4, -0.2) is 31.5 Å². The third-order valence-electron chi connectivity index (χ3n) is 4.65. The molecule has 2 N–H and O–H groups in total. The van der Waals surface area contributed by atoms with Gasteiger partial charge in [-0.1, -0.05) is 13.0 Å². The Labute approximate surface area is 173 Å². The average Bonchev–Trinajstić information content (AvgIpc) is 3.02. The zero-order valence-electron chi connectivity index (χ0n) is 16.4. The van der Waals surface area contributed by atoms with Crippen LogP contribution in [-0.2, 0) is 17.8 Å². The predicted octanol–water partition coefficient (Wildman–Crippen LogP) is 2.88. The molecule has 0 radical (unpaired) electrons. The standard InChI is InChI=1S/C19H18N4O6S/c1-4-13-21-17-15(10(3)16(30-17)19(26)27)18(25)22(13)8-14(24)20-12-7-11(23(28)29)6-5-9(12)2/h5-7H,4,8H2,1-3H3,(H,20,24)(H,26,27). The first-order valence-corrected chi connectivity index (χ1v) is 9.76. The van der Waals surface area contributed by atoms with Crippen molar-refractivity contribution in [3.8, 4) is 0 Å². The number of nitrogens with zero attached hydrogens (tertiary/aromatic N) is 3. The second-order valence-corrected chi connectivity index (χ2v) is 7.62. The molecule has 0 atom stereocenters. The number of nitro groups is 1. The van der Waals surface area contributed by atoms with Crippen molar-refractivity contribution in [2.45, 2.75) is 33.7 Å². The minimum atomic E-state index is -1.14. The van der Waals surface area contributed by atoms with Crippen molar-refractivity contribution < 1.29 is 19.6 Å². The summed E-state index contributed by atoms with van der Waals surface area (Å²) in [5.41, 5.74) is 0.551. The summed E-state index contributed by atoms with van der Waals surface area (Å²) in [5, 5.41) is 23.1. The maximum Gasteiger partial charge on any atom is 0.346 e. The number of aryl methyl sites for hydroxylation is 3. The Hall–Kier alpha value is -3.60. The van der Waals surface area contributed by atoms with Gasteiger partial charge < -0.3 is 10.4 Å². The maximum absolute atomic E-state index is 13.0. The van der Waals surface area contributed by atoms with Crippen LogP contribution in [0.25, 0.3) is 10.2 Å². The number of hydrogen-bond donors (Lipinski definition) is 2. The van der Waals surface area contributed by atoms with Crippen LogP contribution in [0.3, 0.4) is 0 Å². The van der Waals surface area contributed by atoms with Gasteiger partial charge in [0.2, 0.25) is 5.91 Å². The lowest BCUT2D eigenvalue weighted by atomic mass is 10.2. The number of hydrogen-bond acceptors (Lipinski definition) is 7. The van der Waals surface area contributed by atoms with Gasteiger partial charge in [0.1, 0.15) is 22.1 Å². The van der Waals surface area contributed by atoms with Crippen LogP contribution in [0, 0.1) is 24.0 Å². The molecule has 30 heavy (non-hydrogen) atoms. The molecule has 0 fully saturated rings.